The monoisotopic (exact) mass is 558 g/mol. The number of carbonyl (C=O) groups is 2. The van der Waals surface area contributed by atoms with Crippen LogP contribution in [0.3, 0.4) is 0 Å². The summed E-state index contributed by atoms with van der Waals surface area (Å²) in [4.78, 5) is 32.5. The molecule has 1 aliphatic heterocycles. The minimum Gasteiger partial charge on any atom is -0.454 e. The highest BCUT2D eigenvalue weighted by atomic mass is 35.5. The quantitative estimate of drug-likeness (QED) is 0.249. The fraction of sp³-hybridized carbons (Fsp3) is 0.312. The van der Waals surface area contributed by atoms with E-state index in [-0.39, 0.29) is 11.8 Å². The molecule has 1 saturated heterocycles. The molecule has 1 fully saturated rings. The zero-order valence-electron chi connectivity index (χ0n) is 23.1. The van der Waals surface area contributed by atoms with Gasteiger partial charge >= 0.3 is 0 Å². The number of aryl methyl sites for hydroxylation is 1. The summed E-state index contributed by atoms with van der Waals surface area (Å²) in [6, 6.07) is 23.1. The number of rotatable bonds is 9. The van der Waals surface area contributed by atoms with Gasteiger partial charge in [0.25, 0.3) is 11.8 Å². The maximum Gasteiger partial charge on any atom is 0.289 e. The van der Waals surface area contributed by atoms with Crippen molar-refractivity contribution in [1.82, 2.24) is 14.4 Å². The van der Waals surface area contributed by atoms with E-state index >= 15 is 0 Å². The Morgan fingerprint density at radius 2 is 1.75 bits per heavy atom. The van der Waals surface area contributed by atoms with Gasteiger partial charge < -0.3 is 23.7 Å². The van der Waals surface area contributed by atoms with Crippen LogP contribution in [0.1, 0.15) is 51.3 Å². The van der Waals surface area contributed by atoms with Crippen molar-refractivity contribution in [2.24, 2.45) is 0 Å². The van der Waals surface area contributed by atoms with Gasteiger partial charge in [-0.3, -0.25) is 9.59 Å². The Hall–Kier alpha value is -3.97. The number of amides is 2. The van der Waals surface area contributed by atoms with Gasteiger partial charge in [-0.2, -0.15) is 0 Å². The minimum absolute atomic E-state index is 0.0361. The smallest absolute Gasteiger partial charge is 0.289 e. The van der Waals surface area contributed by atoms with Crippen molar-refractivity contribution in [2.75, 3.05) is 37.6 Å². The van der Waals surface area contributed by atoms with Crippen molar-refractivity contribution in [1.29, 1.82) is 0 Å². The molecule has 5 rings (SSSR count). The number of hydrogen-bond acceptors (Lipinski definition) is 4. The minimum atomic E-state index is -0.0947. The first-order chi connectivity index (χ1) is 19.4. The molecule has 8 heteroatoms. The number of anilines is 1. The molecule has 0 atom stereocenters. The topological polar surface area (TPSA) is 61.9 Å². The highest BCUT2D eigenvalue weighted by molar-refractivity contribution is 6.30. The summed E-state index contributed by atoms with van der Waals surface area (Å²) in [6.07, 6.45) is 2.85. The molecular weight excluding hydrogens is 524 g/mol. The molecule has 0 N–H and O–H groups in total. The standard InChI is InChI=1S/C32H35ClN4O3/c1-3-15-37(31(38)29-12-5-4-8-24(29)2)22-27-11-7-16-36(27)23-28-13-14-30(40-28)32(39)35-19-17-34(18-20-35)26-10-6-9-25(33)21-26/h4-14,16,21H,3,15,17-20,22-23H2,1-2H3. The predicted octanol–water partition coefficient (Wildman–Crippen LogP) is 6.11. The Kier molecular flexibility index (Phi) is 8.60. The first-order valence-corrected chi connectivity index (χ1v) is 14.2. The van der Waals surface area contributed by atoms with Crippen LogP contribution < -0.4 is 4.90 Å². The van der Waals surface area contributed by atoms with Gasteiger partial charge in [0.2, 0.25) is 0 Å². The molecule has 40 heavy (non-hydrogen) atoms. The van der Waals surface area contributed by atoms with Crippen LogP contribution in [0.4, 0.5) is 5.69 Å². The first kappa shape index (κ1) is 27.6. The van der Waals surface area contributed by atoms with E-state index in [2.05, 4.69) is 16.4 Å². The number of aromatic nitrogens is 1. The highest BCUT2D eigenvalue weighted by Gasteiger charge is 2.25. The van der Waals surface area contributed by atoms with Crippen LogP contribution in [0, 0.1) is 6.92 Å². The summed E-state index contributed by atoms with van der Waals surface area (Å²) >= 11 is 6.15. The highest BCUT2D eigenvalue weighted by Crippen LogP contribution is 2.22. The molecule has 0 unspecified atom stereocenters. The van der Waals surface area contributed by atoms with Gasteiger partial charge in [-0.05, 0) is 67.4 Å². The summed E-state index contributed by atoms with van der Waals surface area (Å²) in [5.74, 6) is 0.990. The molecule has 1 aliphatic rings. The molecule has 2 amide bonds. The van der Waals surface area contributed by atoms with Gasteiger partial charge in [0.15, 0.2) is 5.76 Å². The van der Waals surface area contributed by atoms with E-state index in [1.54, 1.807) is 6.07 Å². The van der Waals surface area contributed by atoms with Crippen molar-refractivity contribution in [2.45, 2.75) is 33.4 Å². The summed E-state index contributed by atoms with van der Waals surface area (Å²) in [6.45, 7) is 8.40. The molecule has 4 aromatic rings. The molecule has 0 bridgehead atoms. The van der Waals surface area contributed by atoms with Crippen molar-refractivity contribution in [3.63, 3.8) is 0 Å². The third-order valence-electron chi connectivity index (χ3n) is 7.37. The van der Waals surface area contributed by atoms with E-state index in [4.69, 9.17) is 16.0 Å². The second-order valence-corrected chi connectivity index (χ2v) is 10.6. The van der Waals surface area contributed by atoms with Gasteiger partial charge in [-0.25, -0.2) is 0 Å². The Labute approximate surface area is 240 Å². The molecule has 7 nitrogen and oxygen atoms in total. The van der Waals surface area contributed by atoms with Gasteiger partial charge in [0.05, 0.1) is 13.1 Å². The van der Waals surface area contributed by atoms with Crippen molar-refractivity contribution >= 4 is 29.1 Å². The molecule has 0 saturated carbocycles. The molecule has 0 aliphatic carbocycles. The lowest BCUT2D eigenvalue weighted by atomic mass is 10.1. The van der Waals surface area contributed by atoms with Crippen LogP contribution in [0.2, 0.25) is 5.02 Å². The number of carbonyl (C=O) groups excluding carboxylic acids is 2. The molecule has 0 radical (unpaired) electrons. The van der Waals surface area contributed by atoms with Crippen LogP contribution >= 0.6 is 11.6 Å². The molecule has 208 valence electrons. The number of hydrogen-bond donors (Lipinski definition) is 0. The zero-order valence-corrected chi connectivity index (χ0v) is 23.8. The SMILES string of the molecule is CCCN(Cc1cccn1Cc1ccc(C(=O)N2CCN(c3cccc(Cl)c3)CC2)o1)C(=O)c1ccccc1C. The molecule has 2 aromatic heterocycles. The zero-order chi connectivity index (χ0) is 28.1. The Bertz CT molecular complexity index is 1470. The fourth-order valence-electron chi connectivity index (χ4n) is 5.19. The van der Waals surface area contributed by atoms with E-state index in [0.717, 1.165) is 42.0 Å². The van der Waals surface area contributed by atoms with Gasteiger partial charge in [0.1, 0.15) is 5.76 Å². The third kappa shape index (κ3) is 6.26. The molecule has 2 aromatic carbocycles. The fourth-order valence-corrected chi connectivity index (χ4v) is 5.37. The normalized spacial score (nSPS) is 13.5. The second kappa shape index (κ2) is 12.5. The lowest BCUT2D eigenvalue weighted by Crippen LogP contribution is -2.48. The number of nitrogens with zero attached hydrogens (tertiary/aromatic N) is 4. The number of piperazine rings is 1. The van der Waals surface area contributed by atoms with E-state index in [9.17, 15) is 9.59 Å². The number of furan rings is 1. The molecule has 0 spiro atoms. The second-order valence-electron chi connectivity index (χ2n) is 10.2. The summed E-state index contributed by atoms with van der Waals surface area (Å²) in [5, 5.41) is 0.709. The van der Waals surface area contributed by atoms with Crippen molar-refractivity contribution in [3.8, 4) is 0 Å². The van der Waals surface area contributed by atoms with Crippen LogP contribution in [-0.4, -0.2) is 58.9 Å². The number of halogens is 1. The maximum atomic E-state index is 13.3. The maximum absolute atomic E-state index is 13.3. The van der Waals surface area contributed by atoms with Crippen LogP contribution in [0.5, 0.6) is 0 Å². The lowest BCUT2D eigenvalue weighted by Gasteiger charge is -2.35. The average Bonchev–Trinajstić information content (AvgIpc) is 3.62. The lowest BCUT2D eigenvalue weighted by molar-refractivity contribution is 0.0709. The van der Waals surface area contributed by atoms with E-state index in [0.29, 0.717) is 49.3 Å². The first-order valence-electron chi connectivity index (χ1n) is 13.8. The van der Waals surface area contributed by atoms with E-state index < -0.39 is 0 Å². The summed E-state index contributed by atoms with van der Waals surface area (Å²) < 4.78 is 8.09. The molecule has 3 heterocycles. The molecular formula is C32H35ClN4O3. The predicted molar refractivity (Wildman–Crippen MR) is 158 cm³/mol. The van der Waals surface area contributed by atoms with Gasteiger partial charge in [0, 0.05) is 60.9 Å². The largest absolute Gasteiger partial charge is 0.454 e. The van der Waals surface area contributed by atoms with Crippen molar-refractivity contribution in [3.05, 3.63) is 112 Å². The van der Waals surface area contributed by atoms with Crippen molar-refractivity contribution < 1.29 is 14.0 Å². The number of benzene rings is 2. The average molecular weight is 559 g/mol. The van der Waals surface area contributed by atoms with Gasteiger partial charge in [-0.1, -0.05) is 42.8 Å². The van der Waals surface area contributed by atoms with Gasteiger partial charge in [-0.15, -0.1) is 0 Å². The summed E-state index contributed by atoms with van der Waals surface area (Å²) in [7, 11) is 0. The Morgan fingerprint density at radius 3 is 2.50 bits per heavy atom. The van der Waals surface area contributed by atoms with Crippen LogP contribution in [-0.2, 0) is 13.1 Å². The van der Waals surface area contributed by atoms with E-state index in [1.807, 2.05) is 89.7 Å². The third-order valence-corrected chi connectivity index (χ3v) is 7.61. The Morgan fingerprint density at radius 1 is 0.950 bits per heavy atom. The Balaban J connectivity index is 1.21. The van der Waals surface area contributed by atoms with Crippen LogP contribution in [0.25, 0.3) is 0 Å². The summed E-state index contributed by atoms with van der Waals surface area (Å²) in [5.41, 5.74) is 3.79. The van der Waals surface area contributed by atoms with Crippen LogP contribution in [0.15, 0.2) is 83.4 Å². The van der Waals surface area contributed by atoms with E-state index in [1.165, 1.54) is 0 Å².